The molecule has 1 N–H and O–H groups in total. The van der Waals surface area contributed by atoms with E-state index in [1.54, 1.807) is 19.2 Å². The van der Waals surface area contributed by atoms with E-state index in [1.165, 1.54) is 12.1 Å². The van der Waals surface area contributed by atoms with E-state index in [0.717, 1.165) is 35.3 Å². The zero-order valence-corrected chi connectivity index (χ0v) is 14.3. The molecule has 0 radical (unpaired) electrons. The summed E-state index contributed by atoms with van der Waals surface area (Å²) in [5.41, 5.74) is 3.30. The largest absolute Gasteiger partial charge is 0.496 e. The quantitative estimate of drug-likeness (QED) is 0.748. The van der Waals surface area contributed by atoms with Gasteiger partial charge in [0.05, 0.1) is 7.11 Å². The van der Waals surface area contributed by atoms with Crippen LogP contribution < -0.4 is 10.1 Å². The molecule has 0 fully saturated rings. The number of hydrogen-bond acceptors (Lipinski definition) is 2. The van der Waals surface area contributed by atoms with Gasteiger partial charge < -0.3 is 10.1 Å². The van der Waals surface area contributed by atoms with E-state index < -0.39 is 0 Å². The van der Waals surface area contributed by atoms with Gasteiger partial charge in [-0.1, -0.05) is 24.3 Å². The molecule has 0 saturated carbocycles. The van der Waals surface area contributed by atoms with E-state index >= 15 is 0 Å². The summed E-state index contributed by atoms with van der Waals surface area (Å²) >= 11 is 0. The van der Waals surface area contributed by atoms with E-state index in [1.807, 2.05) is 19.1 Å². The van der Waals surface area contributed by atoms with Crippen molar-refractivity contribution in [2.75, 3.05) is 13.7 Å². The number of carbonyl (C=O) groups excluding carboxylic acids is 1. The van der Waals surface area contributed by atoms with Crippen LogP contribution in [0.4, 0.5) is 4.39 Å². The van der Waals surface area contributed by atoms with Crippen molar-refractivity contribution in [3.63, 3.8) is 0 Å². The van der Waals surface area contributed by atoms with Gasteiger partial charge in [-0.25, -0.2) is 4.39 Å². The zero-order valence-electron chi connectivity index (χ0n) is 14.3. The predicted molar refractivity (Wildman–Crippen MR) is 93.8 cm³/mol. The van der Waals surface area contributed by atoms with E-state index in [4.69, 9.17) is 4.74 Å². The van der Waals surface area contributed by atoms with E-state index in [0.29, 0.717) is 19.4 Å². The number of rotatable bonds is 8. The third kappa shape index (κ3) is 5.69. The number of amides is 1. The van der Waals surface area contributed by atoms with Crippen LogP contribution in [-0.4, -0.2) is 19.6 Å². The monoisotopic (exact) mass is 329 g/mol. The number of aryl methyl sites for hydroxylation is 3. The number of ether oxygens (including phenoxy) is 1. The summed E-state index contributed by atoms with van der Waals surface area (Å²) in [5.74, 6) is 0.701. The fraction of sp³-hybridized carbons (Fsp3) is 0.350. The zero-order chi connectivity index (χ0) is 17.4. The lowest BCUT2D eigenvalue weighted by Crippen LogP contribution is -2.25. The second-order valence-electron chi connectivity index (χ2n) is 5.88. The highest BCUT2D eigenvalue weighted by Crippen LogP contribution is 2.19. The standard InChI is InChI=1S/C20H24FNO2/c1-15-14-17(7-11-19(15)24-2)8-12-20(23)22-13-3-4-16-5-9-18(21)10-6-16/h5-7,9-11,14H,3-4,8,12-13H2,1-2H3,(H,22,23). The molecule has 2 aromatic rings. The third-order valence-electron chi connectivity index (χ3n) is 3.98. The van der Waals surface area contributed by atoms with Crippen molar-refractivity contribution in [1.29, 1.82) is 0 Å². The number of hydrogen-bond donors (Lipinski definition) is 1. The highest BCUT2D eigenvalue weighted by molar-refractivity contribution is 5.76. The predicted octanol–water partition coefficient (Wildman–Crippen LogP) is 3.82. The maximum atomic E-state index is 12.8. The number of methoxy groups -OCH3 is 1. The van der Waals surface area contributed by atoms with Gasteiger partial charge in [0.15, 0.2) is 0 Å². The van der Waals surface area contributed by atoms with Gasteiger partial charge in [0.25, 0.3) is 0 Å². The van der Waals surface area contributed by atoms with E-state index in [2.05, 4.69) is 11.4 Å². The molecule has 24 heavy (non-hydrogen) atoms. The van der Waals surface area contributed by atoms with Crippen molar-refractivity contribution in [1.82, 2.24) is 5.32 Å². The molecule has 0 aliphatic carbocycles. The molecule has 0 heterocycles. The molecule has 0 aliphatic rings. The van der Waals surface area contributed by atoms with Crippen LogP contribution in [0.2, 0.25) is 0 Å². The molecule has 1 amide bonds. The summed E-state index contributed by atoms with van der Waals surface area (Å²) in [4.78, 5) is 11.9. The van der Waals surface area contributed by atoms with Crippen LogP contribution in [0, 0.1) is 12.7 Å². The summed E-state index contributed by atoms with van der Waals surface area (Å²) in [6, 6.07) is 12.5. The number of benzene rings is 2. The maximum absolute atomic E-state index is 12.8. The summed E-state index contributed by atoms with van der Waals surface area (Å²) in [6.45, 7) is 2.63. The number of carbonyl (C=O) groups is 1. The maximum Gasteiger partial charge on any atom is 0.220 e. The second kappa shape index (κ2) is 9.06. The average Bonchev–Trinajstić information content (AvgIpc) is 2.58. The third-order valence-corrected chi connectivity index (χ3v) is 3.98. The Kier molecular flexibility index (Phi) is 6.79. The number of halogens is 1. The van der Waals surface area contributed by atoms with Crippen molar-refractivity contribution in [2.45, 2.75) is 32.6 Å². The van der Waals surface area contributed by atoms with Crippen LogP contribution >= 0.6 is 0 Å². The molecule has 2 rings (SSSR count). The average molecular weight is 329 g/mol. The molecule has 0 spiro atoms. The van der Waals surface area contributed by atoms with Gasteiger partial charge in [-0.2, -0.15) is 0 Å². The minimum Gasteiger partial charge on any atom is -0.496 e. The Morgan fingerprint density at radius 1 is 1.08 bits per heavy atom. The molecule has 0 saturated heterocycles. The molecule has 0 bridgehead atoms. The smallest absolute Gasteiger partial charge is 0.220 e. The fourth-order valence-electron chi connectivity index (χ4n) is 2.61. The van der Waals surface area contributed by atoms with E-state index in [-0.39, 0.29) is 11.7 Å². The Balaban J connectivity index is 1.66. The van der Waals surface area contributed by atoms with Gasteiger partial charge in [0.2, 0.25) is 5.91 Å². The highest BCUT2D eigenvalue weighted by Gasteiger charge is 2.04. The summed E-state index contributed by atoms with van der Waals surface area (Å²) in [5, 5.41) is 2.93. The lowest BCUT2D eigenvalue weighted by molar-refractivity contribution is -0.121. The van der Waals surface area contributed by atoms with Crippen molar-refractivity contribution in [3.05, 3.63) is 65.0 Å². The Morgan fingerprint density at radius 2 is 1.79 bits per heavy atom. The van der Waals surface area contributed by atoms with Crippen molar-refractivity contribution < 1.29 is 13.9 Å². The van der Waals surface area contributed by atoms with Crippen molar-refractivity contribution in [2.24, 2.45) is 0 Å². The van der Waals surface area contributed by atoms with Gasteiger partial charge in [-0.05, 0) is 61.1 Å². The van der Waals surface area contributed by atoms with Crippen LogP contribution in [0.25, 0.3) is 0 Å². The molecule has 3 nitrogen and oxygen atoms in total. The van der Waals surface area contributed by atoms with Crippen molar-refractivity contribution >= 4 is 5.91 Å². The Morgan fingerprint density at radius 3 is 2.46 bits per heavy atom. The molecule has 0 aromatic heterocycles. The first-order chi connectivity index (χ1) is 11.6. The molecule has 2 aromatic carbocycles. The van der Waals surface area contributed by atoms with Crippen LogP contribution in [0.1, 0.15) is 29.5 Å². The minimum atomic E-state index is -0.221. The van der Waals surface area contributed by atoms with Gasteiger partial charge in [0.1, 0.15) is 11.6 Å². The lowest BCUT2D eigenvalue weighted by Gasteiger charge is -2.08. The van der Waals surface area contributed by atoms with Gasteiger partial charge in [-0.3, -0.25) is 4.79 Å². The number of nitrogens with one attached hydrogen (secondary N) is 1. The van der Waals surface area contributed by atoms with Crippen molar-refractivity contribution in [3.8, 4) is 5.75 Å². The molecule has 128 valence electrons. The van der Waals surface area contributed by atoms with Crippen LogP contribution in [0.15, 0.2) is 42.5 Å². The second-order valence-corrected chi connectivity index (χ2v) is 5.88. The van der Waals surface area contributed by atoms with Crippen LogP contribution in [0.3, 0.4) is 0 Å². The first-order valence-electron chi connectivity index (χ1n) is 8.23. The molecular formula is C20H24FNO2. The van der Waals surface area contributed by atoms with Gasteiger partial charge in [0, 0.05) is 13.0 Å². The van der Waals surface area contributed by atoms with Gasteiger partial charge in [-0.15, -0.1) is 0 Å². The topological polar surface area (TPSA) is 38.3 Å². The summed E-state index contributed by atoms with van der Waals surface area (Å²) in [6.07, 6.45) is 2.87. The van der Waals surface area contributed by atoms with E-state index in [9.17, 15) is 9.18 Å². The fourth-order valence-corrected chi connectivity index (χ4v) is 2.61. The minimum absolute atomic E-state index is 0.0579. The molecule has 0 unspecified atom stereocenters. The van der Waals surface area contributed by atoms with Crippen LogP contribution in [0.5, 0.6) is 5.75 Å². The molecule has 0 atom stereocenters. The summed E-state index contributed by atoms with van der Waals surface area (Å²) < 4.78 is 18.0. The molecule has 0 aliphatic heterocycles. The Bertz CT molecular complexity index is 668. The normalized spacial score (nSPS) is 10.5. The molecule has 4 heteroatoms. The highest BCUT2D eigenvalue weighted by atomic mass is 19.1. The first-order valence-corrected chi connectivity index (χ1v) is 8.23. The Hall–Kier alpha value is -2.36. The Labute approximate surface area is 142 Å². The first kappa shape index (κ1) is 18.0. The van der Waals surface area contributed by atoms with Gasteiger partial charge >= 0.3 is 0 Å². The molecular weight excluding hydrogens is 305 g/mol. The SMILES string of the molecule is COc1ccc(CCC(=O)NCCCc2ccc(F)cc2)cc1C. The van der Waals surface area contributed by atoms with Crippen LogP contribution in [-0.2, 0) is 17.6 Å². The lowest BCUT2D eigenvalue weighted by atomic mass is 10.1. The summed E-state index contributed by atoms with van der Waals surface area (Å²) in [7, 11) is 1.65.